The van der Waals surface area contributed by atoms with Gasteiger partial charge in [-0.25, -0.2) is 13.6 Å². The third-order valence-electron chi connectivity index (χ3n) is 6.69. The molecule has 3 heterocycles. The lowest BCUT2D eigenvalue weighted by Crippen LogP contribution is -2.51. The standard InChI is InChI=1S/C24H22ClF5N4O2S/c1-11-8-31-3-4-33(11)22-14-5-15(24(28,29)30)19(13-6-16(25)18(27)7-17(13)26)21-20(14)34(23(35)32-22)9-12(36-2)10-37-21/h5-7,11-12,31H,3-4,8-10H2,1-2H3/t11-,12-/m0/s1. The molecular formula is C24H22ClF5N4O2S. The fourth-order valence-electron chi connectivity index (χ4n) is 4.86. The number of halogens is 6. The second kappa shape index (κ2) is 9.72. The maximum atomic E-state index is 15.1. The van der Waals surface area contributed by atoms with Crippen LogP contribution in [0.4, 0.5) is 27.8 Å². The van der Waals surface area contributed by atoms with E-state index < -0.39 is 51.3 Å². The lowest BCUT2D eigenvalue weighted by atomic mass is 9.95. The Labute approximate surface area is 217 Å². The summed E-state index contributed by atoms with van der Waals surface area (Å²) in [5.41, 5.74) is -2.59. The van der Waals surface area contributed by atoms with Crippen molar-refractivity contribution in [3.05, 3.63) is 50.9 Å². The van der Waals surface area contributed by atoms with E-state index in [9.17, 15) is 22.4 Å². The van der Waals surface area contributed by atoms with Gasteiger partial charge in [-0.2, -0.15) is 18.2 Å². The van der Waals surface area contributed by atoms with Gasteiger partial charge in [0.05, 0.1) is 28.8 Å². The van der Waals surface area contributed by atoms with E-state index in [4.69, 9.17) is 16.3 Å². The molecule has 0 spiro atoms. The summed E-state index contributed by atoms with van der Waals surface area (Å²) in [4.78, 5) is 19.4. The third-order valence-corrected chi connectivity index (χ3v) is 8.20. The van der Waals surface area contributed by atoms with E-state index >= 15 is 4.39 Å². The highest BCUT2D eigenvalue weighted by molar-refractivity contribution is 7.99. The van der Waals surface area contributed by atoms with Gasteiger partial charge in [0, 0.05) is 66.0 Å². The molecule has 1 saturated heterocycles. The van der Waals surface area contributed by atoms with Crippen LogP contribution in [-0.2, 0) is 17.5 Å². The zero-order valence-electron chi connectivity index (χ0n) is 19.8. The number of ether oxygens (including phenoxy) is 1. The van der Waals surface area contributed by atoms with Crippen LogP contribution in [0, 0.1) is 11.6 Å². The van der Waals surface area contributed by atoms with E-state index in [1.54, 1.807) is 4.90 Å². The van der Waals surface area contributed by atoms with Crippen LogP contribution in [0.2, 0.25) is 5.02 Å². The van der Waals surface area contributed by atoms with Gasteiger partial charge in [0.25, 0.3) is 0 Å². The summed E-state index contributed by atoms with van der Waals surface area (Å²) in [6.07, 6.45) is -5.43. The molecule has 1 aromatic heterocycles. The lowest BCUT2D eigenvalue weighted by Gasteiger charge is -2.36. The van der Waals surface area contributed by atoms with Gasteiger partial charge in [-0.3, -0.25) is 4.57 Å². The molecule has 0 aliphatic carbocycles. The van der Waals surface area contributed by atoms with Crippen LogP contribution in [0.25, 0.3) is 22.0 Å². The summed E-state index contributed by atoms with van der Waals surface area (Å²) in [5, 5.41) is 2.81. The van der Waals surface area contributed by atoms with Crippen molar-refractivity contribution < 1.29 is 26.7 Å². The normalized spacial score (nSPS) is 20.4. The van der Waals surface area contributed by atoms with E-state index in [0.717, 1.165) is 23.9 Å². The zero-order chi connectivity index (χ0) is 26.6. The molecule has 0 bridgehead atoms. The molecule has 0 unspecified atom stereocenters. The number of nitrogens with zero attached hydrogens (tertiary/aromatic N) is 3. The van der Waals surface area contributed by atoms with Gasteiger partial charge in [-0.05, 0) is 19.1 Å². The van der Waals surface area contributed by atoms with Crippen molar-refractivity contribution in [2.75, 3.05) is 37.4 Å². The first-order chi connectivity index (χ1) is 17.5. The highest BCUT2D eigenvalue weighted by Crippen LogP contribution is 2.49. The first-order valence-electron chi connectivity index (χ1n) is 11.5. The number of hydrogen-bond donors (Lipinski definition) is 1. The molecule has 198 valence electrons. The Kier molecular flexibility index (Phi) is 6.88. The van der Waals surface area contributed by atoms with Crippen LogP contribution < -0.4 is 15.9 Å². The van der Waals surface area contributed by atoms with Gasteiger partial charge in [-0.1, -0.05) is 11.6 Å². The molecule has 2 aromatic carbocycles. The Bertz CT molecular complexity index is 1450. The number of benzene rings is 2. The second-order valence-electron chi connectivity index (χ2n) is 9.01. The minimum atomic E-state index is -4.91. The van der Waals surface area contributed by atoms with Crippen LogP contribution in [0.3, 0.4) is 0 Å². The molecule has 1 fully saturated rings. The first kappa shape index (κ1) is 26.2. The predicted molar refractivity (Wildman–Crippen MR) is 133 cm³/mol. The van der Waals surface area contributed by atoms with Crippen molar-refractivity contribution in [2.45, 2.75) is 36.7 Å². The highest BCUT2D eigenvalue weighted by Gasteiger charge is 2.39. The van der Waals surface area contributed by atoms with Gasteiger partial charge in [-0.15, -0.1) is 11.8 Å². The monoisotopic (exact) mass is 560 g/mol. The molecule has 6 nitrogen and oxygen atoms in total. The number of alkyl halides is 3. The average molecular weight is 561 g/mol. The summed E-state index contributed by atoms with van der Waals surface area (Å²) in [5.74, 6) is -1.96. The molecule has 0 saturated carbocycles. The molecule has 5 rings (SSSR count). The number of methoxy groups -OCH3 is 1. The van der Waals surface area contributed by atoms with Gasteiger partial charge in [0.15, 0.2) is 0 Å². The summed E-state index contributed by atoms with van der Waals surface area (Å²) in [6.45, 7) is 3.49. The summed E-state index contributed by atoms with van der Waals surface area (Å²) < 4.78 is 79.6. The molecule has 13 heteroatoms. The fourth-order valence-corrected chi connectivity index (χ4v) is 6.34. The Morgan fingerprint density at radius 1 is 1.22 bits per heavy atom. The van der Waals surface area contributed by atoms with E-state index in [0.29, 0.717) is 25.7 Å². The van der Waals surface area contributed by atoms with Gasteiger partial charge in [0.1, 0.15) is 17.5 Å². The van der Waals surface area contributed by atoms with Gasteiger partial charge < -0.3 is 15.0 Å². The van der Waals surface area contributed by atoms with Crippen molar-refractivity contribution in [3.8, 4) is 11.1 Å². The van der Waals surface area contributed by atoms with Crippen LogP contribution in [0.5, 0.6) is 0 Å². The number of anilines is 1. The quantitative estimate of drug-likeness (QED) is 0.362. The number of hydrogen-bond acceptors (Lipinski definition) is 6. The molecule has 2 atom stereocenters. The summed E-state index contributed by atoms with van der Waals surface area (Å²) in [7, 11) is 1.44. The number of nitrogens with one attached hydrogen (secondary N) is 1. The maximum absolute atomic E-state index is 15.1. The number of thioether (sulfide) groups is 1. The fraction of sp³-hybridized carbons (Fsp3) is 0.417. The highest BCUT2D eigenvalue weighted by atomic mass is 35.5. The first-order valence-corrected chi connectivity index (χ1v) is 12.8. The van der Waals surface area contributed by atoms with Crippen molar-refractivity contribution >= 4 is 40.1 Å². The number of piperazine rings is 1. The molecule has 2 aliphatic rings. The molecule has 3 aromatic rings. The molecule has 0 amide bonds. The topological polar surface area (TPSA) is 59.4 Å². The molecule has 2 aliphatic heterocycles. The van der Waals surface area contributed by atoms with Crippen LogP contribution in [0.1, 0.15) is 12.5 Å². The summed E-state index contributed by atoms with van der Waals surface area (Å²) in [6, 6.07) is 2.07. The van der Waals surface area contributed by atoms with E-state index in [-0.39, 0.29) is 40.0 Å². The van der Waals surface area contributed by atoms with Crippen LogP contribution >= 0.6 is 23.4 Å². The van der Waals surface area contributed by atoms with E-state index in [1.165, 1.54) is 11.7 Å². The largest absolute Gasteiger partial charge is 0.417 e. The molecular weight excluding hydrogens is 539 g/mol. The predicted octanol–water partition coefficient (Wildman–Crippen LogP) is 4.93. The lowest BCUT2D eigenvalue weighted by molar-refractivity contribution is -0.137. The Morgan fingerprint density at radius 3 is 2.65 bits per heavy atom. The average Bonchev–Trinajstić information content (AvgIpc) is 3.04. The van der Waals surface area contributed by atoms with Crippen LogP contribution in [0.15, 0.2) is 27.9 Å². The van der Waals surface area contributed by atoms with Crippen molar-refractivity contribution in [3.63, 3.8) is 0 Å². The van der Waals surface area contributed by atoms with Crippen molar-refractivity contribution in [1.29, 1.82) is 0 Å². The molecule has 1 N–H and O–H groups in total. The minimum absolute atomic E-state index is 0.0366. The third kappa shape index (κ3) is 4.58. The van der Waals surface area contributed by atoms with Gasteiger partial charge in [0.2, 0.25) is 0 Å². The Hall–Kier alpha value is -2.41. The Balaban J connectivity index is 1.95. The number of aromatic nitrogens is 2. The number of rotatable bonds is 3. The van der Waals surface area contributed by atoms with E-state index in [1.807, 2.05) is 6.92 Å². The summed E-state index contributed by atoms with van der Waals surface area (Å²) >= 11 is 6.90. The van der Waals surface area contributed by atoms with Crippen molar-refractivity contribution in [2.24, 2.45) is 0 Å². The molecule has 37 heavy (non-hydrogen) atoms. The molecule has 0 radical (unpaired) electrons. The minimum Gasteiger partial charge on any atom is -0.379 e. The van der Waals surface area contributed by atoms with E-state index in [2.05, 4.69) is 10.3 Å². The smallest absolute Gasteiger partial charge is 0.379 e. The zero-order valence-corrected chi connectivity index (χ0v) is 21.3. The van der Waals surface area contributed by atoms with Crippen molar-refractivity contribution in [1.82, 2.24) is 14.9 Å². The van der Waals surface area contributed by atoms with Crippen LogP contribution in [-0.4, -0.2) is 54.2 Å². The second-order valence-corrected chi connectivity index (χ2v) is 10.4. The van der Waals surface area contributed by atoms with Gasteiger partial charge >= 0.3 is 11.9 Å². The Morgan fingerprint density at radius 2 is 1.97 bits per heavy atom. The SMILES string of the molecule is CO[C@@H]1CSc2c(-c3cc(Cl)c(F)cc3F)c(C(F)(F)F)cc3c(N4CCNC[C@@H]4C)nc(=O)n(c23)C1. The maximum Gasteiger partial charge on any atom is 0.417 e.